The molecule has 0 radical (unpaired) electrons. The van der Waals surface area contributed by atoms with Gasteiger partial charge in [0.1, 0.15) is 11.9 Å². The lowest BCUT2D eigenvalue weighted by Crippen LogP contribution is -2.41. The van der Waals surface area contributed by atoms with Gasteiger partial charge in [-0.25, -0.2) is 9.18 Å². The monoisotopic (exact) mass is 265 g/mol. The van der Waals surface area contributed by atoms with Gasteiger partial charge in [0.05, 0.1) is 6.61 Å². The molecule has 1 amide bonds. The van der Waals surface area contributed by atoms with Gasteiger partial charge in [-0.3, -0.25) is 4.79 Å². The van der Waals surface area contributed by atoms with Crippen LogP contribution in [0.15, 0.2) is 24.3 Å². The number of esters is 1. The molecule has 1 saturated heterocycles. The van der Waals surface area contributed by atoms with Crippen molar-refractivity contribution < 1.29 is 18.7 Å². The summed E-state index contributed by atoms with van der Waals surface area (Å²) in [6, 6.07) is 4.82. The minimum absolute atomic E-state index is 0.254. The molecule has 1 unspecified atom stereocenters. The molecule has 1 heterocycles. The Labute approximate surface area is 111 Å². The largest absolute Gasteiger partial charge is 0.464 e. The van der Waals surface area contributed by atoms with Gasteiger partial charge in [-0.05, 0) is 44.0 Å². The Morgan fingerprint density at radius 3 is 2.68 bits per heavy atom. The third-order valence-corrected chi connectivity index (χ3v) is 3.16. The molecule has 1 aromatic carbocycles. The number of carbonyl (C=O) groups excluding carboxylic acids is 2. The number of rotatable bonds is 3. The molecule has 1 fully saturated rings. The highest BCUT2D eigenvalue weighted by atomic mass is 19.1. The molecular weight excluding hydrogens is 249 g/mol. The highest BCUT2D eigenvalue weighted by molar-refractivity contribution is 5.97. The van der Waals surface area contributed by atoms with Crippen LogP contribution >= 0.6 is 0 Å². The first-order valence-electron chi connectivity index (χ1n) is 6.36. The summed E-state index contributed by atoms with van der Waals surface area (Å²) in [5.74, 6) is -1.01. The normalized spacial score (nSPS) is 18.4. The van der Waals surface area contributed by atoms with Crippen LogP contribution < -0.4 is 0 Å². The number of nitrogens with zero attached hydrogens (tertiary/aromatic N) is 1. The van der Waals surface area contributed by atoms with Crippen molar-refractivity contribution in [3.63, 3.8) is 0 Å². The van der Waals surface area contributed by atoms with Crippen LogP contribution in [0.1, 0.15) is 30.1 Å². The predicted molar refractivity (Wildman–Crippen MR) is 67.1 cm³/mol. The second-order valence-electron chi connectivity index (χ2n) is 4.42. The summed E-state index contributed by atoms with van der Waals surface area (Å²) < 4.78 is 17.8. The van der Waals surface area contributed by atoms with E-state index >= 15 is 0 Å². The van der Waals surface area contributed by atoms with E-state index in [1.165, 1.54) is 29.2 Å². The van der Waals surface area contributed by atoms with Crippen molar-refractivity contribution in [1.29, 1.82) is 0 Å². The summed E-state index contributed by atoms with van der Waals surface area (Å²) in [6.45, 7) is 2.56. The SMILES string of the molecule is CCOC(=O)C1CCCN1C(=O)c1ccc(F)cc1. The van der Waals surface area contributed by atoms with Crippen LogP contribution in [0.25, 0.3) is 0 Å². The number of benzene rings is 1. The van der Waals surface area contributed by atoms with Crippen molar-refractivity contribution in [2.75, 3.05) is 13.2 Å². The maximum absolute atomic E-state index is 12.8. The van der Waals surface area contributed by atoms with Gasteiger partial charge in [0, 0.05) is 12.1 Å². The first kappa shape index (κ1) is 13.5. The second-order valence-corrected chi connectivity index (χ2v) is 4.42. The number of amides is 1. The molecule has 1 aromatic rings. The zero-order valence-corrected chi connectivity index (χ0v) is 10.8. The molecule has 0 bridgehead atoms. The van der Waals surface area contributed by atoms with Crippen LogP contribution in [0.3, 0.4) is 0 Å². The van der Waals surface area contributed by atoms with Gasteiger partial charge in [0.25, 0.3) is 5.91 Å². The molecule has 1 aliphatic heterocycles. The molecule has 0 aliphatic carbocycles. The van der Waals surface area contributed by atoms with Crippen LogP contribution in [-0.2, 0) is 9.53 Å². The topological polar surface area (TPSA) is 46.6 Å². The van der Waals surface area contributed by atoms with E-state index in [2.05, 4.69) is 0 Å². The van der Waals surface area contributed by atoms with Crippen molar-refractivity contribution in [1.82, 2.24) is 4.90 Å². The molecule has 1 aliphatic rings. The Balaban J connectivity index is 2.13. The molecule has 0 N–H and O–H groups in total. The maximum atomic E-state index is 12.8. The highest BCUT2D eigenvalue weighted by Gasteiger charge is 2.35. The minimum atomic E-state index is -0.516. The summed E-state index contributed by atoms with van der Waals surface area (Å²) >= 11 is 0. The average Bonchev–Trinajstić information content (AvgIpc) is 2.88. The van der Waals surface area contributed by atoms with Gasteiger partial charge in [-0.2, -0.15) is 0 Å². The lowest BCUT2D eigenvalue weighted by molar-refractivity contribution is -0.147. The van der Waals surface area contributed by atoms with E-state index < -0.39 is 6.04 Å². The van der Waals surface area contributed by atoms with E-state index in [-0.39, 0.29) is 17.7 Å². The molecule has 4 nitrogen and oxygen atoms in total. The molecule has 0 saturated carbocycles. The first-order chi connectivity index (χ1) is 9.13. The number of likely N-dealkylation sites (tertiary alicyclic amines) is 1. The summed E-state index contributed by atoms with van der Waals surface area (Å²) in [4.78, 5) is 25.5. The molecule has 19 heavy (non-hydrogen) atoms. The fourth-order valence-electron chi connectivity index (χ4n) is 2.25. The molecule has 0 spiro atoms. The molecule has 102 valence electrons. The summed E-state index contributed by atoms with van der Waals surface area (Å²) in [6.07, 6.45) is 1.39. The fourth-order valence-corrected chi connectivity index (χ4v) is 2.25. The summed E-state index contributed by atoms with van der Waals surface area (Å²) in [5, 5.41) is 0. The van der Waals surface area contributed by atoms with E-state index in [9.17, 15) is 14.0 Å². The highest BCUT2D eigenvalue weighted by Crippen LogP contribution is 2.21. The molecule has 1 atom stereocenters. The molecule has 5 heteroatoms. The van der Waals surface area contributed by atoms with Crippen molar-refractivity contribution in [3.8, 4) is 0 Å². The van der Waals surface area contributed by atoms with Gasteiger partial charge in [0.15, 0.2) is 0 Å². The third kappa shape index (κ3) is 2.92. The van der Waals surface area contributed by atoms with Gasteiger partial charge in [-0.15, -0.1) is 0 Å². The Morgan fingerprint density at radius 1 is 1.37 bits per heavy atom. The average molecular weight is 265 g/mol. The van der Waals surface area contributed by atoms with Gasteiger partial charge in [0.2, 0.25) is 0 Å². The van der Waals surface area contributed by atoms with Crippen LogP contribution in [0.5, 0.6) is 0 Å². The van der Waals surface area contributed by atoms with Gasteiger partial charge in [-0.1, -0.05) is 0 Å². The smallest absolute Gasteiger partial charge is 0.328 e. The van der Waals surface area contributed by atoms with E-state index in [4.69, 9.17) is 4.74 Å². The van der Waals surface area contributed by atoms with E-state index in [0.717, 1.165) is 6.42 Å². The van der Waals surface area contributed by atoms with Crippen LogP contribution in [-0.4, -0.2) is 36.0 Å². The van der Waals surface area contributed by atoms with Crippen molar-refractivity contribution in [2.24, 2.45) is 0 Å². The summed E-state index contributed by atoms with van der Waals surface area (Å²) in [5.41, 5.74) is 0.387. The van der Waals surface area contributed by atoms with Crippen LogP contribution in [0.4, 0.5) is 4.39 Å². The number of hydrogen-bond acceptors (Lipinski definition) is 3. The van der Waals surface area contributed by atoms with E-state index in [1.54, 1.807) is 6.92 Å². The Morgan fingerprint density at radius 2 is 2.05 bits per heavy atom. The maximum Gasteiger partial charge on any atom is 0.328 e. The van der Waals surface area contributed by atoms with Crippen LogP contribution in [0, 0.1) is 5.82 Å². The predicted octanol–water partition coefficient (Wildman–Crippen LogP) is 1.99. The van der Waals surface area contributed by atoms with E-state index in [1.807, 2.05) is 0 Å². The molecule has 0 aromatic heterocycles. The second kappa shape index (κ2) is 5.82. The number of ether oxygens (including phenoxy) is 1. The zero-order valence-electron chi connectivity index (χ0n) is 10.8. The molecular formula is C14H16FNO3. The fraction of sp³-hybridized carbons (Fsp3) is 0.429. The van der Waals surface area contributed by atoms with Crippen molar-refractivity contribution >= 4 is 11.9 Å². The lowest BCUT2D eigenvalue weighted by atomic mass is 10.1. The minimum Gasteiger partial charge on any atom is -0.464 e. The Kier molecular flexibility index (Phi) is 4.14. The Bertz CT molecular complexity index is 472. The quantitative estimate of drug-likeness (QED) is 0.785. The zero-order chi connectivity index (χ0) is 13.8. The summed E-state index contributed by atoms with van der Waals surface area (Å²) in [7, 11) is 0. The number of carbonyl (C=O) groups is 2. The van der Waals surface area contributed by atoms with Gasteiger partial charge >= 0.3 is 5.97 Å². The lowest BCUT2D eigenvalue weighted by Gasteiger charge is -2.23. The van der Waals surface area contributed by atoms with Gasteiger partial charge < -0.3 is 9.64 Å². The molecule has 2 rings (SSSR count). The van der Waals surface area contributed by atoms with Crippen molar-refractivity contribution in [3.05, 3.63) is 35.6 Å². The Hall–Kier alpha value is -1.91. The van der Waals surface area contributed by atoms with Crippen molar-refractivity contribution in [2.45, 2.75) is 25.8 Å². The first-order valence-corrected chi connectivity index (χ1v) is 6.36. The third-order valence-electron chi connectivity index (χ3n) is 3.16. The standard InChI is InChI=1S/C14H16FNO3/c1-2-19-14(18)12-4-3-9-16(12)13(17)10-5-7-11(15)8-6-10/h5-8,12H,2-4,9H2,1H3. The number of hydrogen-bond donors (Lipinski definition) is 0. The number of halogens is 1. The van der Waals surface area contributed by atoms with Crippen LogP contribution in [0.2, 0.25) is 0 Å². The van der Waals surface area contributed by atoms with E-state index in [0.29, 0.717) is 25.1 Å².